The smallest absolute Gasteiger partial charge is 0.373 e. The van der Waals surface area contributed by atoms with Crippen LogP contribution < -0.4 is 14.8 Å². The number of methoxy groups -OCH3 is 1. The first-order chi connectivity index (χ1) is 18.3. The third-order valence-electron chi connectivity index (χ3n) is 5.70. The maximum Gasteiger partial charge on any atom is 0.373 e. The van der Waals surface area contributed by atoms with Gasteiger partial charge in [0.2, 0.25) is 5.76 Å². The van der Waals surface area contributed by atoms with E-state index in [9.17, 15) is 19.2 Å². The first-order valence-corrected chi connectivity index (χ1v) is 12.6. The number of hydrogen-bond acceptors (Lipinski definition) is 9. The summed E-state index contributed by atoms with van der Waals surface area (Å²) in [6.07, 6.45) is 1.50. The zero-order chi connectivity index (χ0) is 27.2. The molecule has 2 saturated heterocycles. The van der Waals surface area contributed by atoms with E-state index in [0.717, 1.165) is 4.90 Å². The molecule has 2 aromatic rings. The summed E-state index contributed by atoms with van der Waals surface area (Å²) in [6.45, 7) is 3.82. The second kappa shape index (κ2) is 12.1. The minimum atomic E-state index is -0.665. The Morgan fingerprint density at radius 3 is 2.58 bits per heavy atom. The van der Waals surface area contributed by atoms with Crippen LogP contribution in [0.3, 0.4) is 0 Å². The summed E-state index contributed by atoms with van der Waals surface area (Å²) < 4.78 is 27.2. The van der Waals surface area contributed by atoms with Gasteiger partial charge in [0.05, 0.1) is 33.5 Å². The van der Waals surface area contributed by atoms with Crippen LogP contribution in [0.5, 0.6) is 11.5 Å². The van der Waals surface area contributed by atoms with Crippen molar-refractivity contribution in [1.82, 2.24) is 15.1 Å². The number of esters is 1. The third-order valence-corrected chi connectivity index (χ3v) is 6.39. The number of nitrogens with one attached hydrogen (secondary N) is 1. The molecular formula is C25H26BrN3O9. The Morgan fingerprint density at radius 1 is 1.13 bits per heavy atom. The van der Waals surface area contributed by atoms with Gasteiger partial charge >= 0.3 is 12.0 Å². The fourth-order valence-electron chi connectivity index (χ4n) is 3.79. The molecular weight excluding hydrogens is 566 g/mol. The Morgan fingerprint density at radius 2 is 1.87 bits per heavy atom. The highest BCUT2D eigenvalue weighted by Gasteiger charge is 2.34. The summed E-state index contributed by atoms with van der Waals surface area (Å²) in [5.74, 6) is -0.473. The summed E-state index contributed by atoms with van der Waals surface area (Å²) in [5.41, 5.74) is 0.575. The molecule has 0 aliphatic carbocycles. The van der Waals surface area contributed by atoms with Crippen molar-refractivity contribution in [2.24, 2.45) is 0 Å². The molecule has 0 saturated carbocycles. The fourth-order valence-corrected chi connectivity index (χ4v) is 4.22. The van der Waals surface area contributed by atoms with Crippen LogP contribution in [-0.4, -0.2) is 80.2 Å². The van der Waals surface area contributed by atoms with Gasteiger partial charge in [-0.25, -0.2) is 9.59 Å². The lowest BCUT2D eigenvalue weighted by atomic mass is 10.1. The van der Waals surface area contributed by atoms with E-state index in [1.54, 1.807) is 17.0 Å². The molecule has 12 nitrogen and oxygen atoms in total. The number of hydrogen-bond donors (Lipinski definition) is 1. The number of carbonyl (C=O) groups is 4. The number of amides is 4. The number of morpholine rings is 1. The van der Waals surface area contributed by atoms with E-state index in [1.165, 1.54) is 25.3 Å². The van der Waals surface area contributed by atoms with Gasteiger partial charge in [-0.3, -0.25) is 14.5 Å². The van der Waals surface area contributed by atoms with Crippen LogP contribution in [-0.2, 0) is 25.6 Å². The molecule has 13 heteroatoms. The molecule has 1 N–H and O–H groups in total. The van der Waals surface area contributed by atoms with Crippen LogP contribution >= 0.6 is 15.9 Å². The number of nitrogens with zero attached hydrogens (tertiary/aromatic N) is 2. The van der Waals surface area contributed by atoms with Crippen LogP contribution in [0.2, 0.25) is 0 Å². The first kappa shape index (κ1) is 27.2. The molecule has 1 aromatic carbocycles. The maximum atomic E-state index is 13.0. The Labute approximate surface area is 226 Å². The van der Waals surface area contributed by atoms with Crippen molar-refractivity contribution in [2.75, 3.05) is 46.6 Å². The molecule has 0 bridgehead atoms. The van der Waals surface area contributed by atoms with Crippen LogP contribution in [0.1, 0.15) is 28.8 Å². The van der Waals surface area contributed by atoms with E-state index in [-0.39, 0.29) is 36.3 Å². The molecule has 0 atom stereocenters. The lowest BCUT2D eigenvalue weighted by Gasteiger charge is -2.26. The van der Waals surface area contributed by atoms with E-state index < -0.39 is 17.9 Å². The Hall–Kier alpha value is -3.84. The van der Waals surface area contributed by atoms with E-state index in [1.807, 2.05) is 6.92 Å². The summed E-state index contributed by atoms with van der Waals surface area (Å²) >= 11 is 3.46. The molecule has 202 valence electrons. The lowest BCUT2D eigenvalue weighted by Crippen LogP contribution is -2.43. The highest BCUT2D eigenvalue weighted by Crippen LogP contribution is 2.35. The minimum absolute atomic E-state index is 0.0355. The van der Waals surface area contributed by atoms with Crippen molar-refractivity contribution in [3.05, 3.63) is 51.5 Å². The Kier molecular flexibility index (Phi) is 8.69. The number of rotatable bonds is 9. The molecule has 4 rings (SSSR count). The Balaban J connectivity index is 1.49. The first-order valence-electron chi connectivity index (χ1n) is 11.8. The van der Waals surface area contributed by atoms with Crippen molar-refractivity contribution < 1.29 is 42.5 Å². The van der Waals surface area contributed by atoms with Crippen molar-refractivity contribution in [1.29, 1.82) is 0 Å². The molecule has 1 aromatic heterocycles. The summed E-state index contributed by atoms with van der Waals surface area (Å²) in [5, 5.41) is 2.54. The summed E-state index contributed by atoms with van der Waals surface area (Å²) in [4.78, 5) is 52.2. The second-order valence-electron chi connectivity index (χ2n) is 8.17. The normalized spacial score (nSPS) is 16.6. The second-order valence-corrected chi connectivity index (χ2v) is 9.03. The van der Waals surface area contributed by atoms with Crippen LogP contribution in [0, 0.1) is 0 Å². The predicted molar refractivity (Wildman–Crippen MR) is 135 cm³/mol. The molecule has 2 aliphatic heterocycles. The molecule has 2 fully saturated rings. The lowest BCUT2D eigenvalue weighted by molar-refractivity contribution is -0.137. The summed E-state index contributed by atoms with van der Waals surface area (Å²) in [7, 11) is 1.22. The monoisotopic (exact) mass is 591 g/mol. The van der Waals surface area contributed by atoms with Gasteiger partial charge in [0.1, 0.15) is 11.5 Å². The van der Waals surface area contributed by atoms with Crippen LogP contribution in [0.4, 0.5) is 4.79 Å². The Bertz CT molecular complexity index is 1270. The van der Waals surface area contributed by atoms with Crippen molar-refractivity contribution in [2.45, 2.75) is 13.5 Å². The average molecular weight is 592 g/mol. The van der Waals surface area contributed by atoms with Gasteiger partial charge in [-0.15, -0.1) is 0 Å². The van der Waals surface area contributed by atoms with Crippen molar-refractivity contribution in [3.8, 4) is 11.5 Å². The largest absolute Gasteiger partial charge is 0.490 e. The predicted octanol–water partition coefficient (Wildman–Crippen LogP) is 2.56. The van der Waals surface area contributed by atoms with E-state index in [2.05, 4.69) is 26.0 Å². The average Bonchev–Trinajstić information content (AvgIpc) is 3.50. The summed E-state index contributed by atoms with van der Waals surface area (Å²) in [6, 6.07) is 5.54. The maximum absolute atomic E-state index is 13.0. The third kappa shape index (κ3) is 6.17. The van der Waals surface area contributed by atoms with Crippen LogP contribution in [0.25, 0.3) is 6.08 Å². The molecule has 38 heavy (non-hydrogen) atoms. The highest BCUT2D eigenvalue weighted by atomic mass is 79.9. The van der Waals surface area contributed by atoms with Gasteiger partial charge in [-0.1, -0.05) is 15.9 Å². The minimum Gasteiger partial charge on any atom is -0.490 e. The number of benzene rings is 1. The van der Waals surface area contributed by atoms with Crippen molar-refractivity contribution in [3.63, 3.8) is 0 Å². The number of ether oxygens (including phenoxy) is 4. The quantitative estimate of drug-likeness (QED) is 0.265. The number of urea groups is 1. The van der Waals surface area contributed by atoms with Crippen LogP contribution in [0.15, 0.2) is 38.9 Å². The SMILES string of the molecule is CCOc1cc(/C=C2\NC(=O)N(Cc3ccc(C(=O)OC)o3)C2=O)c(Br)cc1OCC(=O)N1CCOCC1. The topological polar surface area (TPSA) is 137 Å². The number of furan rings is 1. The van der Waals surface area contributed by atoms with Gasteiger partial charge in [-0.2, -0.15) is 0 Å². The fraction of sp³-hybridized carbons (Fsp3) is 0.360. The van der Waals surface area contributed by atoms with E-state index >= 15 is 0 Å². The molecule has 0 radical (unpaired) electrons. The zero-order valence-electron chi connectivity index (χ0n) is 20.8. The molecule has 0 unspecified atom stereocenters. The van der Waals surface area contributed by atoms with E-state index in [0.29, 0.717) is 54.4 Å². The van der Waals surface area contributed by atoms with Gasteiger partial charge in [0, 0.05) is 17.6 Å². The number of halogens is 1. The highest BCUT2D eigenvalue weighted by molar-refractivity contribution is 9.10. The standard InChI is InChI=1S/C25H26BrN3O9/c1-3-36-20-11-15(17(26)12-21(20)37-14-22(30)28-6-8-35-9-7-28)10-18-23(31)29(25(33)27-18)13-16-4-5-19(38-16)24(32)34-2/h4-5,10-12H,3,6-9,13-14H2,1-2H3,(H,27,33)/b18-10-. The number of carbonyl (C=O) groups excluding carboxylic acids is 4. The number of imide groups is 1. The van der Waals surface area contributed by atoms with Gasteiger partial charge < -0.3 is 33.6 Å². The van der Waals surface area contributed by atoms with Crippen molar-refractivity contribution >= 4 is 45.8 Å². The molecule has 2 aliphatic rings. The van der Waals surface area contributed by atoms with E-state index in [4.69, 9.17) is 18.6 Å². The molecule has 3 heterocycles. The van der Waals surface area contributed by atoms with Gasteiger partial charge in [0.15, 0.2) is 18.1 Å². The van der Waals surface area contributed by atoms with Gasteiger partial charge in [0.25, 0.3) is 11.8 Å². The zero-order valence-corrected chi connectivity index (χ0v) is 22.4. The molecule has 4 amide bonds. The molecule has 0 spiro atoms. The van der Waals surface area contributed by atoms with Gasteiger partial charge in [-0.05, 0) is 42.8 Å².